The Bertz CT molecular complexity index is 271. The van der Waals surface area contributed by atoms with Crippen LogP contribution in [-0.4, -0.2) is 10.9 Å². The predicted molar refractivity (Wildman–Crippen MR) is 51.1 cm³/mol. The smallest absolute Gasteiger partial charge is 0.113 e. The molecule has 0 atom stereocenters. The summed E-state index contributed by atoms with van der Waals surface area (Å²) in [4.78, 5) is 4.07. The van der Waals surface area contributed by atoms with E-state index in [0.29, 0.717) is 5.88 Å². The third-order valence-electron chi connectivity index (χ3n) is 1.32. The van der Waals surface area contributed by atoms with Gasteiger partial charge in [0.2, 0.25) is 0 Å². The second-order valence-electron chi connectivity index (χ2n) is 2.31. The molecule has 0 spiro atoms. The van der Waals surface area contributed by atoms with Crippen molar-refractivity contribution in [3.63, 3.8) is 0 Å². The van der Waals surface area contributed by atoms with Gasteiger partial charge in [-0.2, -0.15) is 0 Å². The predicted octanol–water partition coefficient (Wildman–Crippen LogP) is 2.45. The molecule has 0 aliphatic rings. The fourth-order valence-corrected chi connectivity index (χ4v) is 0.879. The lowest BCUT2D eigenvalue weighted by atomic mass is 10.3. The Morgan fingerprint density at radius 3 is 3.00 bits per heavy atom. The monoisotopic (exact) mass is 179 g/mol. The number of hydrogen-bond donors (Lipinski definition) is 0. The summed E-state index contributed by atoms with van der Waals surface area (Å²) in [5.74, 6) is 6.64. The van der Waals surface area contributed by atoms with Gasteiger partial charge in [-0.15, -0.1) is 11.6 Å². The Balaban J connectivity index is 2.44. The molecule has 0 saturated heterocycles. The van der Waals surface area contributed by atoms with Crippen LogP contribution in [0.25, 0.3) is 0 Å². The van der Waals surface area contributed by atoms with E-state index >= 15 is 0 Å². The van der Waals surface area contributed by atoms with Crippen LogP contribution in [0.15, 0.2) is 24.4 Å². The lowest BCUT2D eigenvalue weighted by molar-refractivity contribution is 0.991. The van der Waals surface area contributed by atoms with E-state index in [1.807, 2.05) is 18.2 Å². The number of halogens is 1. The van der Waals surface area contributed by atoms with E-state index in [1.54, 1.807) is 6.20 Å². The van der Waals surface area contributed by atoms with Gasteiger partial charge in [0.1, 0.15) is 5.69 Å². The molecule has 0 aliphatic carbocycles. The highest BCUT2D eigenvalue weighted by Crippen LogP contribution is 1.92. The Kier molecular flexibility index (Phi) is 4.26. The molecule has 0 radical (unpaired) electrons. The van der Waals surface area contributed by atoms with Crippen LogP contribution in [0.1, 0.15) is 18.5 Å². The second kappa shape index (κ2) is 5.62. The van der Waals surface area contributed by atoms with Gasteiger partial charge in [-0.05, 0) is 24.5 Å². The maximum atomic E-state index is 5.50. The van der Waals surface area contributed by atoms with Crippen molar-refractivity contribution in [1.82, 2.24) is 4.98 Å². The molecule has 0 unspecified atom stereocenters. The first-order valence-corrected chi connectivity index (χ1v) is 4.43. The van der Waals surface area contributed by atoms with E-state index in [4.69, 9.17) is 11.6 Å². The van der Waals surface area contributed by atoms with Gasteiger partial charge in [0, 0.05) is 18.5 Å². The fraction of sp³-hybridized carbons (Fsp3) is 0.300. The SMILES string of the molecule is ClCCCC#Cc1ccccn1. The van der Waals surface area contributed by atoms with E-state index in [2.05, 4.69) is 16.8 Å². The van der Waals surface area contributed by atoms with Crippen LogP contribution in [0.2, 0.25) is 0 Å². The largest absolute Gasteiger partial charge is 0.248 e. The molecule has 1 nitrogen and oxygen atoms in total. The molecule has 2 heteroatoms. The van der Waals surface area contributed by atoms with Crippen LogP contribution in [-0.2, 0) is 0 Å². The second-order valence-corrected chi connectivity index (χ2v) is 2.69. The summed E-state index contributed by atoms with van der Waals surface area (Å²) in [7, 11) is 0. The summed E-state index contributed by atoms with van der Waals surface area (Å²) in [5, 5.41) is 0. The molecular formula is C10H10ClN. The first kappa shape index (κ1) is 9.09. The molecule has 1 aromatic heterocycles. The number of nitrogens with zero attached hydrogens (tertiary/aromatic N) is 1. The number of hydrogen-bond acceptors (Lipinski definition) is 1. The van der Waals surface area contributed by atoms with Gasteiger partial charge in [-0.1, -0.05) is 12.0 Å². The molecule has 0 aliphatic heterocycles. The Hall–Kier alpha value is -1.00. The van der Waals surface area contributed by atoms with E-state index in [9.17, 15) is 0 Å². The highest BCUT2D eigenvalue weighted by molar-refractivity contribution is 6.17. The van der Waals surface area contributed by atoms with Crippen molar-refractivity contribution in [3.8, 4) is 11.8 Å². The first-order chi connectivity index (χ1) is 5.93. The zero-order chi connectivity index (χ0) is 8.65. The lowest BCUT2D eigenvalue weighted by Gasteiger charge is -1.85. The lowest BCUT2D eigenvalue weighted by Crippen LogP contribution is -1.78. The summed E-state index contributed by atoms with van der Waals surface area (Å²) in [6.45, 7) is 0. The molecule has 62 valence electrons. The van der Waals surface area contributed by atoms with E-state index in [1.165, 1.54) is 0 Å². The zero-order valence-corrected chi connectivity index (χ0v) is 7.51. The molecule has 0 amide bonds. The molecule has 0 fully saturated rings. The third kappa shape index (κ3) is 3.41. The van der Waals surface area contributed by atoms with Crippen molar-refractivity contribution < 1.29 is 0 Å². The number of pyridine rings is 1. The van der Waals surface area contributed by atoms with Gasteiger partial charge in [0.25, 0.3) is 0 Å². The Labute approximate surface area is 77.8 Å². The summed E-state index contributed by atoms with van der Waals surface area (Å²) in [5.41, 5.74) is 0.826. The summed E-state index contributed by atoms with van der Waals surface area (Å²) in [6.07, 6.45) is 3.53. The molecule has 1 rings (SSSR count). The summed E-state index contributed by atoms with van der Waals surface area (Å²) < 4.78 is 0. The minimum atomic E-state index is 0.677. The number of rotatable bonds is 2. The van der Waals surface area contributed by atoms with Gasteiger partial charge in [0.05, 0.1) is 0 Å². The first-order valence-electron chi connectivity index (χ1n) is 3.89. The zero-order valence-electron chi connectivity index (χ0n) is 6.76. The molecular weight excluding hydrogens is 170 g/mol. The topological polar surface area (TPSA) is 12.9 Å². The van der Waals surface area contributed by atoms with Gasteiger partial charge < -0.3 is 0 Å². The molecule has 0 saturated carbocycles. The number of aromatic nitrogens is 1. The minimum absolute atomic E-state index is 0.677. The van der Waals surface area contributed by atoms with Crippen molar-refractivity contribution in [2.24, 2.45) is 0 Å². The van der Waals surface area contributed by atoms with Crippen LogP contribution < -0.4 is 0 Å². The van der Waals surface area contributed by atoms with Gasteiger partial charge in [0.15, 0.2) is 0 Å². The summed E-state index contributed by atoms with van der Waals surface area (Å²) in [6, 6.07) is 5.70. The standard InChI is InChI=1S/C10H10ClN/c11-8-4-1-2-6-10-7-3-5-9-12-10/h3,5,7,9H,1,4,8H2. The number of alkyl halides is 1. The van der Waals surface area contributed by atoms with Crippen LogP contribution in [0, 0.1) is 11.8 Å². The highest BCUT2D eigenvalue weighted by atomic mass is 35.5. The van der Waals surface area contributed by atoms with Crippen LogP contribution in [0.5, 0.6) is 0 Å². The maximum Gasteiger partial charge on any atom is 0.113 e. The van der Waals surface area contributed by atoms with E-state index in [-0.39, 0.29) is 0 Å². The van der Waals surface area contributed by atoms with Crippen LogP contribution >= 0.6 is 11.6 Å². The third-order valence-corrected chi connectivity index (χ3v) is 1.58. The molecule has 12 heavy (non-hydrogen) atoms. The average Bonchev–Trinajstić information content (AvgIpc) is 2.14. The van der Waals surface area contributed by atoms with Crippen molar-refractivity contribution >= 4 is 11.6 Å². The van der Waals surface area contributed by atoms with Crippen molar-refractivity contribution in [1.29, 1.82) is 0 Å². The van der Waals surface area contributed by atoms with Crippen molar-refractivity contribution in [2.75, 3.05) is 5.88 Å². The molecule has 0 aromatic carbocycles. The molecule has 1 aromatic rings. The van der Waals surface area contributed by atoms with Gasteiger partial charge in [-0.25, -0.2) is 4.98 Å². The molecule has 0 N–H and O–H groups in total. The van der Waals surface area contributed by atoms with Crippen molar-refractivity contribution in [3.05, 3.63) is 30.1 Å². The van der Waals surface area contributed by atoms with Crippen LogP contribution in [0.4, 0.5) is 0 Å². The van der Waals surface area contributed by atoms with Gasteiger partial charge in [-0.3, -0.25) is 0 Å². The minimum Gasteiger partial charge on any atom is -0.248 e. The quantitative estimate of drug-likeness (QED) is 0.386. The Morgan fingerprint density at radius 1 is 1.42 bits per heavy atom. The van der Waals surface area contributed by atoms with Crippen molar-refractivity contribution in [2.45, 2.75) is 12.8 Å². The highest BCUT2D eigenvalue weighted by Gasteiger charge is 1.82. The van der Waals surface area contributed by atoms with E-state index in [0.717, 1.165) is 18.5 Å². The summed E-state index contributed by atoms with van der Waals surface area (Å²) >= 11 is 5.50. The number of unbranched alkanes of at least 4 members (excludes halogenated alkanes) is 1. The normalized spacial score (nSPS) is 8.75. The van der Waals surface area contributed by atoms with Gasteiger partial charge >= 0.3 is 0 Å². The Morgan fingerprint density at radius 2 is 2.33 bits per heavy atom. The fourth-order valence-electron chi connectivity index (χ4n) is 0.745. The average molecular weight is 180 g/mol. The van der Waals surface area contributed by atoms with E-state index < -0.39 is 0 Å². The molecule has 0 bridgehead atoms. The molecule has 1 heterocycles. The van der Waals surface area contributed by atoms with Crippen LogP contribution in [0.3, 0.4) is 0 Å². The maximum absolute atomic E-state index is 5.50.